The maximum Gasteiger partial charge on any atom is 0.0689 e. The summed E-state index contributed by atoms with van der Waals surface area (Å²) in [7, 11) is 0. The molecule has 0 aliphatic heterocycles. The van der Waals surface area contributed by atoms with Crippen molar-refractivity contribution in [2.24, 2.45) is 11.3 Å². The van der Waals surface area contributed by atoms with Gasteiger partial charge in [0.2, 0.25) is 0 Å². The fraction of sp³-hybridized carbons (Fsp3) is 0.875. The van der Waals surface area contributed by atoms with Crippen LogP contribution in [0.15, 0.2) is 0 Å². The van der Waals surface area contributed by atoms with Crippen molar-refractivity contribution < 1.29 is 0 Å². The van der Waals surface area contributed by atoms with Gasteiger partial charge in [-0.05, 0) is 25.7 Å². The molecular weight excluding hydrogens is 110 g/mol. The van der Waals surface area contributed by atoms with E-state index >= 15 is 0 Å². The molecular formula is C8H13N. The van der Waals surface area contributed by atoms with Crippen LogP contribution in [0.3, 0.4) is 0 Å². The van der Waals surface area contributed by atoms with Crippen LogP contribution < -0.4 is 0 Å². The van der Waals surface area contributed by atoms with E-state index in [0.29, 0.717) is 5.92 Å². The van der Waals surface area contributed by atoms with Gasteiger partial charge in [-0.1, -0.05) is 13.3 Å². The van der Waals surface area contributed by atoms with Gasteiger partial charge in [0, 0.05) is 0 Å². The van der Waals surface area contributed by atoms with E-state index in [1.807, 2.05) is 0 Å². The zero-order valence-corrected chi connectivity index (χ0v) is 6.15. The van der Waals surface area contributed by atoms with Crippen LogP contribution in [0.2, 0.25) is 0 Å². The van der Waals surface area contributed by atoms with Crippen molar-refractivity contribution in [2.75, 3.05) is 0 Å². The lowest BCUT2D eigenvalue weighted by atomic mass is 10.1. The number of hydrogen-bond donors (Lipinski definition) is 0. The summed E-state index contributed by atoms with van der Waals surface area (Å²) in [5.41, 5.74) is 0.0655. The zero-order valence-electron chi connectivity index (χ0n) is 6.15. The molecule has 2 atom stereocenters. The zero-order chi connectivity index (χ0) is 6.91. The maximum atomic E-state index is 8.61. The smallest absolute Gasteiger partial charge is 0.0689 e. The largest absolute Gasteiger partial charge is 0.198 e. The van der Waals surface area contributed by atoms with Gasteiger partial charge in [0.25, 0.3) is 0 Å². The number of nitriles is 1. The molecule has 1 heteroatoms. The van der Waals surface area contributed by atoms with Crippen LogP contribution in [0.1, 0.15) is 33.1 Å². The molecule has 0 spiro atoms. The molecule has 0 N–H and O–H groups in total. The van der Waals surface area contributed by atoms with Crippen LogP contribution >= 0.6 is 0 Å². The first-order valence-electron chi connectivity index (χ1n) is 3.64. The van der Waals surface area contributed by atoms with E-state index in [0.717, 1.165) is 6.42 Å². The molecule has 0 aromatic heterocycles. The highest BCUT2D eigenvalue weighted by Crippen LogP contribution is 2.53. The van der Waals surface area contributed by atoms with Crippen molar-refractivity contribution in [3.05, 3.63) is 0 Å². The van der Waals surface area contributed by atoms with Gasteiger partial charge in [-0.15, -0.1) is 0 Å². The number of rotatable bonds is 2. The average molecular weight is 123 g/mol. The average Bonchev–Trinajstić information content (AvgIpc) is 2.46. The van der Waals surface area contributed by atoms with Crippen LogP contribution in [0.4, 0.5) is 0 Å². The first-order valence-corrected chi connectivity index (χ1v) is 3.64. The van der Waals surface area contributed by atoms with Gasteiger partial charge in [0.15, 0.2) is 0 Å². The molecule has 1 rings (SSSR count). The van der Waals surface area contributed by atoms with Gasteiger partial charge in [-0.2, -0.15) is 5.26 Å². The van der Waals surface area contributed by atoms with Crippen molar-refractivity contribution in [3.8, 4) is 6.07 Å². The molecule has 50 valence electrons. The van der Waals surface area contributed by atoms with Gasteiger partial charge in [0.1, 0.15) is 0 Å². The fourth-order valence-electron chi connectivity index (χ4n) is 1.36. The van der Waals surface area contributed by atoms with E-state index in [9.17, 15) is 0 Å². The maximum absolute atomic E-state index is 8.61. The molecule has 0 aromatic rings. The van der Waals surface area contributed by atoms with Crippen LogP contribution in [0, 0.1) is 22.7 Å². The molecule has 0 radical (unpaired) electrons. The Hall–Kier alpha value is -0.510. The summed E-state index contributed by atoms with van der Waals surface area (Å²) in [4.78, 5) is 0. The predicted octanol–water partition coefficient (Wildman–Crippen LogP) is 2.34. The Morgan fingerprint density at radius 1 is 1.78 bits per heavy atom. The molecule has 1 fully saturated rings. The highest BCUT2D eigenvalue weighted by Gasteiger charge is 2.49. The topological polar surface area (TPSA) is 23.8 Å². The van der Waals surface area contributed by atoms with Crippen LogP contribution in [0.25, 0.3) is 0 Å². The lowest BCUT2D eigenvalue weighted by molar-refractivity contribution is 0.589. The molecule has 2 unspecified atom stereocenters. The second-order valence-electron chi connectivity index (χ2n) is 3.22. The SMILES string of the molecule is CCCC1CC1(C)C#N. The molecule has 1 saturated carbocycles. The monoisotopic (exact) mass is 123 g/mol. The van der Waals surface area contributed by atoms with Crippen molar-refractivity contribution >= 4 is 0 Å². The highest BCUT2D eigenvalue weighted by molar-refractivity contribution is 5.12. The van der Waals surface area contributed by atoms with Crippen LogP contribution in [0.5, 0.6) is 0 Å². The van der Waals surface area contributed by atoms with E-state index in [2.05, 4.69) is 19.9 Å². The minimum absolute atomic E-state index is 0.0655. The van der Waals surface area contributed by atoms with Crippen LogP contribution in [-0.4, -0.2) is 0 Å². The summed E-state index contributed by atoms with van der Waals surface area (Å²) in [6, 6.07) is 2.35. The van der Waals surface area contributed by atoms with Crippen LogP contribution in [-0.2, 0) is 0 Å². The second kappa shape index (κ2) is 2.02. The lowest BCUT2D eigenvalue weighted by Crippen LogP contribution is -1.91. The first-order chi connectivity index (χ1) is 4.23. The Bertz CT molecular complexity index is 145. The van der Waals surface area contributed by atoms with Crippen molar-refractivity contribution in [1.82, 2.24) is 0 Å². The highest BCUT2D eigenvalue weighted by atomic mass is 14.5. The molecule has 0 bridgehead atoms. The Morgan fingerprint density at radius 3 is 2.78 bits per heavy atom. The van der Waals surface area contributed by atoms with E-state index in [1.165, 1.54) is 12.8 Å². The molecule has 0 heterocycles. The Labute approximate surface area is 56.7 Å². The summed E-state index contributed by atoms with van der Waals surface area (Å²) in [5.74, 6) is 0.715. The molecule has 0 aromatic carbocycles. The summed E-state index contributed by atoms with van der Waals surface area (Å²) >= 11 is 0. The lowest BCUT2D eigenvalue weighted by Gasteiger charge is -1.95. The van der Waals surface area contributed by atoms with Crippen molar-refractivity contribution in [1.29, 1.82) is 5.26 Å². The second-order valence-corrected chi connectivity index (χ2v) is 3.22. The Morgan fingerprint density at radius 2 is 2.44 bits per heavy atom. The molecule has 1 aliphatic carbocycles. The normalized spacial score (nSPS) is 39.9. The molecule has 1 nitrogen and oxygen atoms in total. The van der Waals surface area contributed by atoms with Gasteiger partial charge in [-0.25, -0.2) is 0 Å². The third kappa shape index (κ3) is 1.08. The third-order valence-corrected chi connectivity index (χ3v) is 2.30. The first kappa shape index (κ1) is 6.61. The van der Waals surface area contributed by atoms with Crippen molar-refractivity contribution in [2.45, 2.75) is 33.1 Å². The predicted molar refractivity (Wildman–Crippen MR) is 36.7 cm³/mol. The van der Waals surface area contributed by atoms with E-state index in [4.69, 9.17) is 5.26 Å². The molecule has 9 heavy (non-hydrogen) atoms. The third-order valence-electron chi connectivity index (χ3n) is 2.30. The summed E-state index contributed by atoms with van der Waals surface area (Å²) < 4.78 is 0. The Balaban J connectivity index is 2.32. The minimum atomic E-state index is 0.0655. The Kier molecular flexibility index (Phi) is 1.48. The quantitative estimate of drug-likeness (QED) is 0.553. The molecule has 0 saturated heterocycles. The van der Waals surface area contributed by atoms with E-state index in [-0.39, 0.29) is 5.41 Å². The summed E-state index contributed by atoms with van der Waals surface area (Å²) in [6.07, 6.45) is 3.60. The van der Waals surface area contributed by atoms with Gasteiger partial charge < -0.3 is 0 Å². The van der Waals surface area contributed by atoms with Gasteiger partial charge in [-0.3, -0.25) is 0 Å². The minimum Gasteiger partial charge on any atom is -0.198 e. The molecule has 0 amide bonds. The standard InChI is InChI=1S/C8H13N/c1-3-4-7-5-8(7,2)6-9/h7H,3-5H2,1-2H3. The van der Waals surface area contributed by atoms with E-state index in [1.54, 1.807) is 0 Å². The summed E-state index contributed by atoms with van der Waals surface area (Å²) in [5, 5.41) is 8.61. The van der Waals surface area contributed by atoms with Crippen molar-refractivity contribution in [3.63, 3.8) is 0 Å². The fourth-order valence-corrected chi connectivity index (χ4v) is 1.36. The summed E-state index contributed by atoms with van der Waals surface area (Å²) in [6.45, 7) is 4.24. The van der Waals surface area contributed by atoms with Gasteiger partial charge >= 0.3 is 0 Å². The number of hydrogen-bond acceptors (Lipinski definition) is 1. The van der Waals surface area contributed by atoms with Gasteiger partial charge in [0.05, 0.1) is 11.5 Å². The number of nitrogens with zero attached hydrogens (tertiary/aromatic N) is 1. The molecule has 1 aliphatic rings. The van der Waals surface area contributed by atoms with E-state index < -0.39 is 0 Å².